The van der Waals surface area contributed by atoms with Crippen LogP contribution in [0.1, 0.15) is 20.8 Å². The molecule has 2 aliphatic heterocycles. The topological polar surface area (TPSA) is 34.1 Å². The molecule has 2 aliphatic rings. The normalized spacial score (nSPS) is 28.2. The van der Waals surface area contributed by atoms with Crippen LogP contribution in [0.2, 0.25) is 0 Å². The predicted octanol–water partition coefficient (Wildman–Crippen LogP) is 6.82. The highest BCUT2D eigenvalue weighted by Gasteiger charge is 2.32. The van der Waals surface area contributed by atoms with Gasteiger partial charge in [0, 0.05) is 49.1 Å². The van der Waals surface area contributed by atoms with Crippen LogP contribution in [0.5, 0.6) is 0 Å². The third-order valence-corrected chi connectivity index (χ3v) is 17.7. The van der Waals surface area contributed by atoms with Crippen LogP contribution in [0.3, 0.4) is 0 Å². The maximum absolute atomic E-state index is 11.7. The van der Waals surface area contributed by atoms with Crippen molar-refractivity contribution >= 4 is 104 Å². The van der Waals surface area contributed by atoms with Gasteiger partial charge in [-0.1, -0.05) is 50.5 Å². The predicted molar refractivity (Wildman–Crippen MR) is 154 cm³/mol. The monoisotopic (exact) mass is 558 g/mol. The van der Waals surface area contributed by atoms with Crippen LogP contribution in [-0.2, 0) is 9.59 Å². The summed E-state index contributed by atoms with van der Waals surface area (Å²) in [4.78, 5) is 23.2. The number of hydrogen-bond acceptors (Lipinski definition) is 10. The van der Waals surface area contributed by atoms with Crippen molar-refractivity contribution in [1.29, 1.82) is 0 Å². The fourth-order valence-electron chi connectivity index (χ4n) is 2.54. The van der Waals surface area contributed by atoms with E-state index in [2.05, 4.69) is 85.8 Å². The number of thioether (sulfide) groups is 8. The highest BCUT2D eigenvalue weighted by Crippen LogP contribution is 2.47. The van der Waals surface area contributed by atoms with E-state index in [1.54, 1.807) is 6.92 Å². The van der Waals surface area contributed by atoms with Gasteiger partial charge in [0.05, 0.1) is 9.16 Å². The Labute approximate surface area is 216 Å². The molecule has 6 unspecified atom stereocenters. The van der Waals surface area contributed by atoms with Crippen LogP contribution >= 0.6 is 94.1 Å². The van der Waals surface area contributed by atoms with E-state index in [1.165, 1.54) is 29.6 Å². The third-order valence-electron chi connectivity index (χ3n) is 4.30. The summed E-state index contributed by atoms with van der Waals surface area (Å²) < 4.78 is 1.24. The quantitative estimate of drug-likeness (QED) is 0.188. The van der Waals surface area contributed by atoms with Crippen molar-refractivity contribution in [3.63, 3.8) is 0 Å². The first-order chi connectivity index (χ1) is 14.3. The van der Waals surface area contributed by atoms with Gasteiger partial charge in [0.1, 0.15) is 0 Å². The second-order valence-corrected chi connectivity index (χ2v) is 17.9. The average Bonchev–Trinajstić information content (AvgIpc) is 3.39. The third kappa shape index (κ3) is 9.85. The Morgan fingerprint density at radius 3 is 1.97 bits per heavy atom. The molecule has 0 radical (unpaired) electrons. The minimum atomic E-state index is 0.0859. The molecule has 2 saturated heterocycles. The van der Waals surface area contributed by atoms with E-state index in [-0.39, 0.29) is 10.2 Å². The zero-order valence-corrected chi connectivity index (χ0v) is 24.1. The van der Waals surface area contributed by atoms with Gasteiger partial charge in [0.2, 0.25) is 10.2 Å². The van der Waals surface area contributed by atoms with Crippen molar-refractivity contribution < 1.29 is 9.59 Å². The summed E-state index contributed by atoms with van der Waals surface area (Å²) in [5.41, 5.74) is 0.649. The van der Waals surface area contributed by atoms with Crippen molar-refractivity contribution in [1.82, 2.24) is 0 Å². The molecule has 0 spiro atoms. The molecule has 2 rings (SSSR count). The molecule has 0 amide bonds. The van der Waals surface area contributed by atoms with Gasteiger partial charge >= 0.3 is 0 Å². The lowest BCUT2D eigenvalue weighted by molar-refractivity contribution is -0.108. The number of carbonyl (C=O) groups is 2. The lowest BCUT2D eigenvalue weighted by atomic mass is 10.4. The van der Waals surface area contributed by atoms with E-state index in [0.717, 1.165) is 28.1 Å². The van der Waals surface area contributed by atoms with Crippen LogP contribution in [0.4, 0.5) is 0 Å². The maximum atomic E-state index is 11.7. The fourth-order valence-corrected chi connectivity index (χ4v) is 15.2. The molecule has 2 nitrogen and oxygen atoms in total. The Kier molecular flexibility index (Phi) is 13.7. The molecule has 0 saturated carbocycles. The van der Waals surface area contributed by atoms with E-state index in [1.807, 2.05) is 11.8 Å². The summed E-state index contributed by atoms with van der Waals surface area (Å²) in [6.07, 6.45) is 1.41. The SMILES string of the molecule is C=CC(=O)SCC1CSC(C(C)SCSC(C)C2SCC(CSC(=O)C(=C)C)S2)S1. The van der Waals surface area contributed by atoms with Crippen molar-refractivity contribution in [2.75, 3.05) is 28.1 Å². The van der Waals surface area contributed by atoms with Crippen LogP contribution in [0.25, 0.3) is 0 Å². The first-order valence-corrected chi connectivity index (χ1v) is 17.7. The van der Waals surface area contributed by atoms with Gasteiger partial charge in [-0.15, -0.1) is 70.6 Å². The molecule has 170 valence electrons. The maximum Gasteiger partial charge on any atom is 0.214 e. The number of hydrogen-bond donors (Lipinski definition) is 0. The molecule has 0 aromatic heterocycles. The molecule has 0 bridgehead atoms. The largest absolute Gasteiger partial charge is 0.282 e. The highest BCUT2D eigenvalue weighted by molar-refractivity contribution is 8.25. The van der Waals surface area contributed by atoms with Gasteiger partial charge in [-0.05, 0) is 18.6 Å². The van der Waals surface area contributed by atoms with Crippen molar-refractivity contribution in [3.05, 3.63) is 24.8 Å². The molecule has 0 aromatic rings. The summed E-state index contributed by atoms with van der Waals surface area (Å²) in [6, 6.07) is 0. The smallest absolute Gasteiger partial charge is 0.214 e. The molecule has 0 N–H and O–H groups in total. The van der Waals surface area contributed by atoms with Crippen LogP contribution in [0, 0.1) is 0 Å². The molecule has 6 atom stereocenters. The minimum Gasteiger partial charge on any atom is -0.282 e. The van der Waals surface area contributed by atoms with Crippen LogP contribution in [0.15, 0.2) is 24.8 Å². The Hall–Kier alpha value is 1.62. The molecule has 0 aliphatic carbocycles. The highest BCUT2D eigenvalue weighted by atomic mass is 32.2. The second kappa shape index (κ2) is 14.8. The standard InChI is InChI=1S/C20H30O2S8/c1-6-17(21)23-7-15-9-25-19(29-15)13(4)27-11-28-14(5)20-26-10-16(30-20)8-24-18(22)12(2)3/h6,13-16,19-20H,1-2,7-11H2,3-5H3. The first-order valence-electron chi connectivity index (χ1n) is 9.69. The molecule has 0 aromatic carbocycles. The fraction of sp³-hybridized carbons (Fsp3) is 0.700. The van der Waals surface area contributed by atoms with Crippen molar-refractivity contribution in [3.8, 4) is 0 Å². The Morgan fingerprint density at radius 2 is 1.50 bits per heavy atom. The van der Waals surface area contributed by atoms with E-state index < -0.39 is 0 Å². The van der Waals surface area contributed by atoms with Crippen molar-refractivity contribution in [2.45, 2.75) is 50.9 Å². The summed E-state index contributed by atoms with van der Waals surface area (Å²) in [5.74, 6) is 4.08. The minimum absolute atomic E-state index is 0.0859. The number of carbonyl (C=O) groups excluding carboxylic acids is 2. The molecular formula is C20H30O2S8. The van der Waals surface area contributed by atoms with E-state index >= 15 is 0 Å². The molecule has 2 fully saturated rings. The summed E-state index contributed by atoms with van der Waals surface area (Å²) in [5, 5.41) is 3.71. The summed E-state index contributed by atoms with van der Waals surface area (Å²) >= 11 is 15.2. The Morgan fingerprint density at radius 1 is 1.00 bits per heavy atom. The van der Waals surface area contributed by atoms with Gasteiger partial charge in [0.15, 0.2) is 0 Å². The van der Waals surface area contributed by atoms with E-state index in [0.29, 0.717) is 35.7 Å². The van der Waals surface area contributed by atoms with Gasteiger partial charge in [-0.2, -0.15) is 0 Å². The second-order valence-electron chi connectivity index (χ2n) is 6.99. The molecular weight excluding hydrogens is 529 g/mol. The van der Waals surface area contributed by atoms with Gasteiger partial charge in [-0.3, -0.25) is 9.59 Å². The lowest BCUT2D eigenvalue weighted by Gasteiger charge is -2.21. The lowest BCUT2D eigenvalue weighted by Crippen LogP contribution is -2.14. The van der Waals surface area contributed by atoms with E-state index in [9.17, 15) is 9.59 Å². The Bertz CT molecular complexity index is 614. The summed E-state index contributed by atoms with van der Waals surface area (Å²) in [7, 11) is 0. The van der Waals surface area contributed by atoms with Gasteiger partial charge in [0.25, 0.3) is 0 Å². The average molecular weight is 559 g/mol. The van der Waals surface area contributed by atoms with Crippen LogP contribution < -0.4 is 0 Å². The molecule has 30 heavy (non-hydrogen) atoms. The molecule has 2 heterocycles. The van der Waals surface area contributed by atoms with Crippen molar-refractivity contribution in [2.24, 2.45) is 0 Å². The zero-order chi connectivity index (χ0) is 22.1. The number of rotatable bonds is 12. The summed E-state index contributed by atoms with van der Waals surface area (Å²) in [6.45, 7) is 13.8. The van der Waals surface area contributed by atoms with Gasteiger partial charge < -0.3 is 0 Å². The van der Waals surface area contributed by atoms with Gasteiger partial charge in [-0.25, -0.2) is 0 Å². The molecule has 10 heteroatoms. The van der Waals surface area contributed by atoms with Crippen LogP contribution in [-0.4, -0.2) is 68.5 Å². The zero-order valence-electron chi connectivity index (χ0n) is 17.6. The first kappa shape index (κ1) is 27.9. The van der Waals surface area contributed by atoms with E-state index in [4.69, 9.17) is 0 Å². The Balaban J connectivity index is 1.60.